The van der Waals surface area contributed by atoms with Gasteiger partial charge in [-0.25, -0.2) is 15.0 Å². The van der Waals surface area contributed by atoms with Crippen LogP contribution in [0.1, 0.15) is 19.6 Å². The molecule has 0 spiro atoms. The standard InChI is InChI=1S/C14H21N7O4/c1-2-6(15)13(24)20-8-10(23)7(3-22)25-14(8)21-5-19-9-11(16)17-4-18-12(9)21/h4-8,10,14,22-23H,2-3,15H2,1H3,(H,20,24)(H2,16,17,18)/t6?,7-,8+,10?,14-/m1/s1. The van der Waals surface area contributed by atoms with Gasteiger partial charge in [0.15, 0.2) is 17.7 Å². The van der Waals surface area contributed by atoms with Gasteiger partial charge in [0.2, 0.25) is 5.91 Å². The van der Waals surface area contributed by atoms with Gasteiger partial charge in [-0.15, -0.1) is 0 Å². The fourth-order valence-electron chi connectivity index (χ4n) is 2.80. The molecule has 0 aromatic carbocycles. The highest BCUT2D eigenvalue weighted by atomic mass is 16.5. The average Bonchev–Trinajstić information content (AvgIpc) is 3.17. The van der Waals surface area contributed by atoms with Gasteiger partial charge in [-0.3, -0.25) is 9.36 Å². The van der Waals surface area contributed by atoms with Gasteiger partial charge in [-0.2, -0.15) is 0 Å². The van der Waals surface area contributed by atoms with Crippen LogP contribution in [0.4, 0.5) is 5.82 Å². The van der Waals surface area contributed by atoms with E-state index in [-0.39, 0.29) is 5.82 Å². The molecule has 136 valence electrons. The number of nitrogen functional groups attached to an aromatic ring is 1. The minimum absolute atomic E-state index is 0.203. The predicted molar refractivity (Wildman–Crippen MR) is 86.9 cm³/mol. The Kier molecular flexibility index (Phi) is 4.81. The number of aromatic nitrogens is 4. The summed E-state index contributed by atoms with van der Waals surface area (Å²) in [7, 11) is 0. The van der Waals surface area contributed by atoms with E-state index in [4.69, 9.17) is 16.2 Å². The number of amides is 1. The van der Waals surface area contributed by atoms with Gasteiger partial charge >= 0.3 is 0 Å². The molecule has 11 heteroatoms. The number of nitrogens with one attached hydrogen (secondary N) is 1. The van der Waals surface area contributed by atoms with Crippen LogP contribution in [0, 0.1) is 0 Å². The number of hydrogen-bond acceptors (Lipinski definition) is 9. The SMILES string of the molecule is CCC(N)C(=O)N[C@H]1C(O)[C@@H](CO)O[C@H]1n1cnc2c(N)ncnc21. The van der Waals surface area contributed by atoms with Crippen LogP contribution in [0.3, 0.4) is 0 Å². The van der Waals surface area contributed by atoms with Crippen molar-refractivity contribution in [2.45, 2.75) is 43.9 Å². The number of carbonyl (C=O) groups is 1. The lowest BCUT2D eigenvalue weighted by Crippen LogP contribution is -2.51. The highest BCUT2D eigenvalue weighted by Gasteiger charge is 2.46. The fraction of sp³-hybridized carbons (Fsp3) is 0.571. The highest BCUT2D eigenvalue weighted by Crippen LogP contribution is 2.32. The molecule has 3 rings (SSSR count). The number of nitrogens with zero attached hydrogens (tertiary/aromatic N) is 4. The van der Waals surface area contributed by atoms with E-state index in [0.29, 0.717) is 17.6 Å². The van der Waals surface area contributed by atoms with Crippen LogP contribution in [-0.2, 0) is 9.53 Å². The molecular weight excluding hydrogens is 330 g/mol. The van der Waals surface area contributed by atoms with E-state index in [1.54, 1.807) is 6.92 Å². The molecule has 3 heterocycles. The monoisotopic (exact) mass is 351 g/mol. The maximum atomic E-state index is 12.2. The van der Waals surface area contributed by atoms with Crippen LogP contribution >= 0.6 is 0 Å². The number of fused-ring (bicyclic) bond motifs is 1. The molecule has 2 aromatic heterocycles. The summed E-state index contributed by atoms with van der Waals surface area (Å²) in [6.45, 7) is 1.37. The number of carbonyl (C=O) groups excluding carboxylic acids is 1. The van der Waals surface area contributed by atoms with E-state index in [9.17, 15) is 15.0 Å². The third-order valence-corrected chi connectivity index (χ3v) is 4.30. The molecule has 1 aliphatic heterocycles. The van der Waals surface area contributed by atoms with Crippen molar-refractivity contribution in [1.82, 2.24) is 24.8 Å². The van der Waals surface area contributed by atoms with Gasteiger partial charge in [0.25, 0.3) is 0 Å². The summed E-state index contributed by atoms with van der Waals surface area (Å²) >= 11 is 0. The Morgan fingerprint density at radius 2 is 2.24 bits per heavy atom. The van der Waals surface area contributed by atoms with Gasteiger partial charge in [0.05, 0.1) is 19.0 Å². The van der Waals surface area contributed by atoms with Crippen LogP contribution in [0.15, 0.2) is 12.7 Å². The largest absolute Gasteiger partial charge is 0.394 e. The van der Waals surface area contributed by atoms with Gasteiger partial charge in [-0.05, 0) is 6.42 Å². The Labute approximate surface area is 143 Å². The molecule has 1 saturated heterocycles. The van der Waals surface area contributed by atoms with E-state index in [0.717, 1.165) is 0 Å². The van der Waals surface area contributed by atoms with Crippen molar-refractivity contribution in [3.63, 3.8) is 0 Å². The second kappa shape index (κ2) is 6.88. The Balaban J connectivity index is 1.96. The van der Waals surface area contributed by atoms with Crippen molar-refractivity contribution >= 4 is 22.9 Å². The summed E-state index contributed by atoms with van der Waals surface area (Å²) < 4.78 is 7.24. The van der Waals surface area contributed by atoms with Crippen LogP contribution in [0.25, 0.3) is 11.2 Å². The lowest BCUT2D eigenvalue weighted by molar-refractivity contribution is -0.124. The smallest absolute Gasteiger partial charge is 0.237 e. The van der Waals surface area contributed by atoms with Crippen LogP contribution in [0.2, 0.25) is 0 Å². The number of ether oxygens (including phenoxy) is 1. The summed E-state index contributed by atoms with van der Waals surface area (Å²) in [5.74, 6) is -0.216. The number of imidazole rings is 1. The third-order valence-electron chi connectivity index (χ3n) is 4.30. The molecule has 2 unspecified atom stereocenters. The molecule has 0 radical (unpaired) electrons. The van der Waals surface area contributed by atoms with Crippen LogP contribution in [0.5, 0.6) is 0 Å². The third kappa shape index (κ3) is 3.02. The zero-order chi connectivity index (χ0) is 18.1. The molecule has 5 atom stereocenters. The van der Waals surface area contributed by atoms with Gasteiger partial charge < -0.3 is 31.7 Å². The van der Waals surface area contributed by atoms with Crippen LogP contribution in [-0.4, -0.2) is 66.5 Å². The van der Waals surface area contributed by atoms with Gasteiger partial charge in [0.1, 0.15) is 30.1 Å². The normalized spacial score (nSPS) is 27.5. The minimum Gasteiger partial charge on any atom is -0.394 e. The quantitative estimate of drug-likeness (QED) is 0.403. The predicted octanol–water partition coefficient (Wildman–Crippen LogP) is -2.12. The lowest BCUT2D eigenvalue weighted by atomic mass is 10.1. The van der Waals surface area contributed by atoms with Gasteiger partial charge in [0, 0.05) is 0 Å². The first-order valence-corrected chi connectivity index (χ1v) is 7.91. The summed E-state index contributed by atoms with van der Waals surface area (Å²) in [4.78, 5) is 24.3. The number of aliphatic hydroxyl groups excluding tert-OH is 2. The molecule has 1 fully saturated rings. The molecule has 1 aliphatic rings. The number of anilines is 1. The van der Waals surface area contributed by atoms with E-state index in [2.05, 4.69) is 20.3 Å². The molecule has 11 nitrogen and oxygen atoms in total. The van der Waals surface area contributed by atoms with Crippen molar-refractivity contribution in [2.75, 3.05) is 12.3 Å². The Bertz CT molecular complexity index is 767. The minimum atomic E-state index is -1.13. The van der Waals surface area contributed by atoms with E-state index >= 15 is 0 Å². The first kappa shape index (κ1) is 17.5. The topological polar surface area (TPSA) is 174 Å². The fourth-order valence-corrected chi connectivity index (χ4v) is 2.80. The molecule has 25 heavy (non-hydrogen) atoms. The highest BCUT2D eigenvalue weighted by molar-refractivity contribution is 5.82. The van der Waals surface area contributed by atoms with Crippen molar-refractivity contribution in [2.24, 2.45) is 5.73 Å². The molecule has 2 aromatic rings. The number of aliphatic hydroxyl groups is 2. The Hall–Kier alpha value is -2.34. The summed E-state index contributed by atoms with van der Waals surface area (Å²) in [5.41, 5.74) is 12.3. The van der Waals surface area contributed by atoms with Crippen molar-refractivity contribution in [1.29, 1.82) is 0 Å². The first-order chi connectivity index (χ1) is 12.0. The molecule has 0 bridgehead atoms. The molecule has 1 amide bonds. The lowest BCUT2D eigenvalue weighted by Gasteiger charge is -2.24. The summed E-state index contributed by atoms with van der Waals surface area (Å²) in [5, 5.41) is 22.5. The second-order valence-electron chi connectivity index (χ2n) is 5.87. The maximum absolute atomic E-state index is 12.2. The van der Waals surface area contributed by atoms with Crippen LogP contribution < -0.4 is 16.8 Å². The van der Waals surface area contributed by atoms with E-state index < -0.39 is 43.0 Å². The first-order valence-electron chi connectivity index (χ1n) is 7.91. The Morgan fingerprint density at radius 3 is 2.92 bits per heavy atom. The van der Waals surface area contributed by atoms with E-state index in [1.165, 1.54) is 17.2 Å². The summed E-state index contributed by atoms with van der Waals surface area (Å²) in [6, 6.07) is -1.55. The van der Waals surface area contributed by atoms with Crippen molar-refractivity contribution in [3.05, 3.63) is 12.7 Å². The van der Waals surface area contributed by atoms with Gasteiger partial charge in [-0.1, -0.05) is 6.92 Å². The summed E-state index contributed by atoms with van der Waals surface area (Å²) in [6.07, 6.45) is 0.335. The number of hydrogen-bond donors (Lipinski definition) is 5. The maximum Gasteiger partial charge on any atom is 0.237 e. The molecule has 0 aliphatic carbocycles. The number of nitrogens with two attached hydrogens (primary N) is 2. The Morgan fingerprint density at radius 1 is 1.48 bits per heavy atom. The second-order valence-corrected chi connectivity index (χ2v) is 5.87. The number of rotatable bonds is 5. The molecule has 0 saturated carbocycles. The molecular formula is C14H21N7O4. The zero-order valence-corrected chi connectivity index (χ0v) is 13.6. The average molecular weight is 351 g/mol. The van der Waals surface area contributed by atoms with Crippen molar-refractivity contribution in [3.8, 4) is 0 Å². The zero-order valence-electron chi connectivity index (χ0n) is 13.6. The van der Waals surface area contributed by atoms with Crippen molar-refractivity contribution < 1.29 is 19.7 Å². The van der Waals surface area contributed by atoms with E-state index in [1.807, 2.05) is 0 Å². The molecule has 7 N–H and O–H groups in total.